The van der Waals surface area contributed by atoms with Crippen molar-refractivity contribution >= 4 is 17.4 Å². The summed E-state index contributed by atoms with van der Waals surface area (Å²) >= 11 is 0. The second-order valence-electron chi connectivity index (χ2n) is 8.07. The monoisotopic (exact) mass is 439 g/mol. The van der Waals surface area contributed by atoms with Gasteiger partial charge in [0, 0.05) is 50.3 Å². The van der Waals surface area contributed by atoms with Crippen LogP contribution in [0.3, 0.4) is 0 Å². The topological polar surface area (TPSA) is 135 Å². The molecule has 1 saturated heterocycles. The Kier molecular flexibility index (Phi) is 6.06. The van der Waals surface area contributed by atoms with Crippen LogP contribution in [0.25, 0.3) is 0 Å². The molecule has 0 unspecified atom stereocenters. The Morgan fingerprint density at radius 3 is 2.69 bits per heavy atom. The van der Waals surface area contributed by atoms with Crippen molar-refractivity contribution < 1.29 is 14.3 Å². The number of likely N-dealkylation sites (tertiary alicyclic amines) is 1. The van der Waals surface area contributed by atoms with Gasteiger partial charge in [-0.25, -0.2) is 4.98 Å². The zero-order chi connectivity index (χ0) is 22.7. The summed E-state index contributed by atoms with van der Waals surface area (Å²) in [4.78, 5) is 17.8. The van der Waals surface area contributed by atoms with Gasteiger partial charge in [0.15, 0.2) is 5.82 Å². The summed E-state index contributed by atoms with van der Waals surface area (Å²) in [5.74, 6) is -0.784. The SMILES string of the molecule is NCC1(n2cc(C(N)=O)c(Nc3ccnc(F)c3)n2)CCN(Cc2cccc(O)c2)CC1. The maximum absolute atomic E-state index is 13.5. The molecule has 10 heteroatoms. The minimum atomic E-state index is -0.646. The Balaban J connectivity index is 1.53. The molecule has 2 aromatic heterocycles. The van der Waals surface area contributed by atoms with Crippen molar-refractivity contribution in [2.75, 3.05) is 25.0 Å². The van der Waals surface area contributed by atoms with Gasteiger partial charge in [0.25, 0.3) is 5.91 Å². The molecule has 1 aromatic carbocycles. The smallest absolute Gasteiger partial charge is 0.254 e. The fourth-order valence-corrected chi connectivity index (χ4v) is 4.07. The van der Waals surface area contributed by atoms with E-state index in [-0.39, 0.29) is 17.1 Å². The lowest BCUT2D eigenvalue weighted by Gasteiger charge is -2.41. The summed E-state index contributed by atoms with van der Waals surface area (Å²) in [6.07, 6.45) is 4.39. The van der Waals surface area contributed by atoms with Crippen molar-refractivity contribution in [1.29, 1.82) is 0 Å². The molecule has 1 aliphatic heterocycles. The molecule has 168 valence electrons. The fraction of sp³-hybridized carbons (Fsp3) is 0.318. The first-order valence-corrected chi connectivity index (χ1v) is 10.4. The third-order valence-electron chi connectivity index (χ3n) is 5.94. The minimum absolute atomic E-state index is 0.206. The number of carbonyl (C=O) groups is 1. The first-order valence-electron chi connectivity index (χ1n) is 10.4. The normalized spacial score (nSPS) is 16.1. The van der Waals surface area contributed by atoms with Gasteiger partial charge in [-0.15, -0.1) is 0 Å². The third-order valence-corrected chi connectivity index (χ3v) is 5.94. The number of hydrogen-bond donors (Lipinski definition) is 4. The second-order valence-corrected chi connectivity index (χ2v) is 8.07. The molecule has 0 aliphatic carbocycles. The van der Waals surface area contributed by atoms with Crippen molar-refractivity contribution in [2.45, 2.75) is 24.9 Å². The quantitative estimate of drug-likeness (QED) is 0.413. The first kappa shape index (κ1) is 21.7. The van der Waals surface area contributed by atoms with E-state index in [9.17, 15) is 14.3 Å². The summed E-state index contributed by atoms with van der Waals surface area (Å²) in [6.45, 7) is 2.62. The minimum Gasteiger partial charge on any atom is -0.508 e. The maximum Gasteiger partial charge on any atom is 0.254 e. The van der Waals surface area contributed by atoms with Gasteiger partial charge in [0.1, 0.15) is 11.3 Å². The number of primary amides is 1. The summed E-state index contributed by atoms with van der Waals surface area (Å²) in [7, 11) is 0. The summed E-state index contributed by atoms with van der Waals surface area (Å²) in [5, 5.41) is 17.2. The number of nitrogens with two attached hydrogens (primary N) is 2. The highest BCUT2D eigenvalue weighted by Gasteiger charge is 2.37. The van der Waals surface area contributed by atoms with Crippen LogP contribution in [0.15, 0.2) is 48.8 Å². The number of nitrogens with one attached hydrogen (secondary N) is 1. The van der Waals surface area contributed by atoms with Crippen molar-refractivity contribution in [2.24, 2.45) is 11.5 Å². The Morgan fingerprint density at radius 1 is 1.25 bits per heavy atom. The molecule has 0 saturated carbocycles. The highest BCUT2D eigenvalue weighted by Crippen LogP contribution is 2.32. The zero-order valence-electron chi connectivity index (χ0n) is 17.5. The number of nitrogens with zero attached hydrogens (tertiary/aromatic N) is 4. The molecule has 6 N–H and O–H groups in total. The van der Waals surface area contributed by atoms with Crippen molar-refractivity contribution in [3.05, 3.63) is 65.9 Å². The molecule has 0 radical (unpaired) electrons. The van der Waals surface area contributed by atoms with Crippen molar-refractivity contribution in [1.82, 2.24) is 19.7 Å². The molecule has 0 atom stereocenters. The largest absolute Gasteiger partial charge is 0.508 e. The van der Waals surface area contributed by atoms with Gasteiger partial charge in [0.2, 0.25) is 5.95 Å². The van der Waals surface area contributed by atoms with Crippen LogP contribution in [0, 0.1) is 5.95 Å². The van der Waals surface area contributed by atoms with Gasteiger partial charge in [-0.05, 0) is 36.6 Å². The van der Waals surface area contributed by atoms with E-state index in [2.05, 4.69) is 20.3 Å². The molecule has 9 nitrogen and oxygen atoms in total. The van der Waals surface area contributed by atoms with E-state index in [0.29, 0.717) is 12.2 Å². The van der Waals surface area contributed by atoms with Crippen LogP contribution in [-0.4, -0.2) is 50.3 Å². The van der Waals surface area contributed by atoms with Crippen LogP contribution in [0.1, 0.15) is 28.8 Å². The number of rotatable bonds is 7. The van der Waals surface area contributed by atoms with Gasteiger partial charge < -0.3 is 21.9 Å². The van der Waals surface area contributed by atoms with Crippen molar-refractivity contribution in [3.8, 4) is 5.75 Å². The number of pyridine rings is 1. The van der Waals surface area contributed by atoms with E-state index in [1.54, 1.807) is 29.1 Å². The number of anilines is 2. The first-order chi connectivity index (χ1) is 15.4. The van der Waals surface area contributed by atoms with Crippen LogP contribution >= 0.6 is 0 Å². The zero-order valence-corrected chi connectivity index (χ0v) is 17.5. The molecule has 0 bridgehead atoms. The number of piperidine rings is 1. The molecule has 0 spiro atoms. The summed E-state index contributed by atoms with van der Waals surface area (Å²) < 4.78 is 15.2. The van der Waals surface area contributed by atoms with Gasteiger partial charge in [0.05, 0.1) is 5.54 Å². The molecule has 3 aromatic rings. The molecular weight excluding hydrogens is 413 g/mol. The van der Waals surface area contributed by atoms with Crippen LogP contribution in [0.4, 0.5) is 15.9 Å². The summed E-state index contributed by atoms with van der Waals surface area (Å²) in [5.41, 5.74) is 12.9. The number of phenolic OH excluding ortho intramolecular Hbond substituents is 1. The Labute approximate surface area is 184 Å². The van der Waals surface area contributed by atoms with Crippen molar-refractivity contribution in [3.63, 3.8) is 0 Å². The highest BCUT2D eigenvalue weighted by molar-refractivity contribution is 5.98. The Hall–Kier alpha value is -3.50. The lowest BCUT2D eigenvalue weighted by molar-refractivity contribution is 0.0984. The number of amides is 1. The average Bonchev–Trinajstić information content (AvgIpc) is 3.19. The fourth-order valence-electron chi connectivity index (χ4n) is 4.07. The molecule has 1 aliphatic rings. The standard InChI is InChI=1S/C22H26FN7O2/c23-19-11-16(4-7-26-19)27-21-18(20(25)32)13-30(28-21)22(14-24)5-8-29(9-6-22)12-15-2-1-3-17(31)10-15/h1-4,7,10-11,13,31H,5-6,8-9,12,14,24H2,(H2,25,32)(H,26,27,28). The highest BCUT2D eigenvalue weighted by atomic mass is 19.1. The number of phenols is 1. The van der Waals surface area contributed by atoms with E-state index in [4.69, 9.17) is 11.5 Å². The number of carbonyl (C=O) groups excluding carboxylic acids is 1. The van der Waals surface area contributed by atoms with Gasteiger partial charge in [-0.2, -0.15) is 9.49 Å². The molecule has 3 heterocycles. The Bertz CT molecular complexity index is 1110. The van der Waals surface area contributed by atoms with Gasteiger partial charge >= 0.3 is 0 Å². The van der Waals surface area contributed by atoms with Gasteiger partial charge in [-0.3, -0.25) is 14.4 Å². The van der Waals surface area contributed by atoms with Crippen LogP contribution in [0.5, 0.6) is 5.75 Å². The summed E-state index contributed by atoms with van der Waals surface area (Å²) in [6, 6.07) is 10.0. The lowest BCUT2D eigenvalue weighted by Crippen LogP contribution is -2.50. The average molecular weight is 439 g/mol. The van der Waals surface area contributed by atoms with E-state index in [0.717, 1.165) is 38.0 Å². The maximum atomic E-state index is 13.5. The van der Waals surface area contributed by atoms with Crippen LogP contribution < -0.4 is 16.8 Å². The number of halogens is 1. The van der Waals surface area contributed by atoms with Gasteiger partial charge in [-0.1, -0.05) is 12.1 Å². The van der Waals surface area contributed by atoms with E-state index in [1.807, 2.05) is 12.1 Å². The van der Waals surface area contributed by atoms with E-state index < -0.39 is 17.4 Å². The molecule has 1 amide bonds. The predicted octanol–water partition coefficient (Wildman–Crippen LogP) is 1.92. The van der Waals surface area contributed by atoms with Crippen LogP contribution in [-0.2, 0) is 12.1 Å². The predicted molar refractivity (Wildman–Crippen MR) is 118 cm³/mol. The number of aromatic nitrogens is 3. The lowest BCUT2D eigenvalue weighted by atomic mass is 9.87. The molecule has 32 heavy (non-hydrogen) atoms. The molecule has 1 fully saturated rings. The van der Waals surface area contributed by atoms with E-state index in [1.165, 1.54) is 12.3 Å². The Morgan fingerprint density at radius 2 is 2.03 bits per heavy atom. The number of benzene rings is 1. The van der Waals surface area contributed by atoms with E-state index >= 15 is 0 Å². The third kappa shape index (κ3) is 4.56. The molecular formula is C22H26FN7O2. The second kappa shape index (κ2) is 8.93. The number of aromatic hydroxyl groups is 1. The van der Waals surface area contributed by atoms with Crippen LogP contribution in [0.2, 0.25) is 0 Å². The number of hydrogen-bond acceptors (Lipinski definition) is 7. The molecule has 4 rings (SSSR count).